The second-order valence-corrected chi connectivity index (χ2v) is 20.7. The van der Waals surface area contributed by atoms with Crippen molar-refractivity contribution in [1.29, 1.82) is 0 Å². The molecule has 7 N–H and O–H groups in total. The number of aliphatic hydroxyl groups excluding tert-OH is 2. The maximum Gasteiger partial charge on any atom is 0.357 e. The topological polar surface area (TPSA) is 345 Å². The molecule has 0 unspecified atom stereocenters. The SMILES string of the molecule is CCOC(=O)c1nccc(NC(=O)c2nc(-c3cccc(CO)c3)ccc2C)c1C.CCOC(=O)c1nccc(NC(=O)c2nc(Cl)ccc2C)c1C.Cc1ccc(-c2cccc(CO)c2)nc1C(=O)Nc1ccnc(C(=O)O)c1C.Cc1ccc(Cl)nc1C(=O)O. The number of pyridine rings is 7. The number of amides is 3. The third-order valence-electron chi connectivity index (χ3n) is 13.5. The van der Waals surface area contributed by atoms with E-state index in [4.69, 9.17) is 37.8 Å². The number of nitrogens with one attached hydrogen (secondary N) is 3. The van der Waals surface area contributed by atoms with Crippen LogP contribution in [-0.4, -0.2) is 110 Å². The maximum atomic E-state index is 13.0. The van der Waals surface area contributed by atoms with Crippen LogP contribution in [0.25, 0.3) is 22.5 Å². The van der Waals surface area contributed by atoms with Crippen LogP contribution in [0.2, 0.25) is 10.3 Å². The molecular weight excluding hydrogens is 1220 g/mol. The van der Waals surface area contributed by atoms with E-state index in [1.807, 2.05) is 60.7 Å². The molecule has 0 aliphatic heterocycles. The molecule has 0 saturated heterocycles. The van der Waals surface area contributed by atoms with Crippen molar-refractivity contribution in [3.8, 4) is 22.5 Å². The van der Waals surface area contributed by atoms with Gasteiger partial charge in [-0.05, 0) is 150 Å². The number of carboxylic acids is 2. The van der Waals surface area contributed by atoms with Gasteiger partial charge in [-0.25, -0.2) is 54.1 Å². The van der Waals surface area contributed by atoms with Gasteiger partial charge in [0.15, 0.2) is 22.8 Å². The van der Waals surface area contributed by atoms with Gasteiger partial charge in [-0.2, -0.15) is 0 Å². The quantitative estimate of drug-likeness (QED) is 0.0349. The Morgan fingerprint density at radius 1 is 0.413 bits per heavy atom. The van der Waals surface area contributed by atoms with E-state index in [1.54, 1.807) is 117 Å². The normalized spacial score (nSPS) is 10.4. The molecule has 0 aliphatic carbocycles. The number of carbonyl (C=O) groups excluding carboxylic acids is 5. The van der Waals surface area contributed by atoms with Crippen LogP contribution in [0.4, 0.5) is 17.1 Å². The first-order chi connectivity index (χ1) is 43.9. The number of halogens is 2. The first-order valence-corrected chi connectivity index (χ1v) is 28.9. The van der Waals surface area contributed by atoms with Gasteiger partial charge in [-0.15, -0.1) is 0 Å². The summed E-state index contributed by atoms with van der Waals surface area (Å²) >= 11 is 11.3. The summed E-state index contributed by atoms with van der Waals surface area (Å²) in [4.78, 5) is 112. The van der Waals surface area contributed by atoms with Gasteiger partial charge in [0.05, 0.1) is 37.8 Å². The number of aryl methyl sites for hydroxylation is 4. The average Bonchev–Trinajstić information content (AvgIpc) is 0.920. The largest absolute Gasteiger partial charge is 0.477 e. The summed E-state index contributed by atoms with van der Waals surface area (Å²) in [5.41, 5.74) is 10.7. The van der Waals surface area contributed by atoms with E-state index < -0.39 is 41.6 Å². The van der Waals surface area contributed by atoms with Crippen LogP contribution in [0, 0.1) is 48.5 Å². The Bertz CT molecular complexity index is 4240. The van der Waals surface area contributed by atoms with Crippen LogP contribution < -0.4 is 16.0 Å². The van der Waals surface area contributed by atoms with E-state index in [-0.39, 0.29) is 76.6 Å². The van der Waals surface area contributed by atoms with Crippen LogP contribution >= 0.6 is 23.2 Å². The molecule has 0 bridgehead atoms. The van der Waals surface area contributed by atoms with Crippen LogP contribution in [0.3, 0.4) is 0 Å². The standard InChI is InChI=1S/C23H23N3O4.C21H19N3O4.C16H16ClN3O3.C7H6ClNO2/c1-4-30-23(29)21-15(3)18(10-11-24-21)26-22(28)20-14(2)8-9-19(25-20)17-7-5-6-16(12-17)13-27;1-12-6-7-17(15-5-3-4-14(10-15)11-25)23-18(12)20(26)24-16-8-9-22-19(13(16)2)21(27)28;1-4-23-16(22)14-10(3)11(7-8-18-14)19-15(21)13-9(2)5-6-12(17)20-13;1-4-2-3-5(8)9-6(4)7(10)11/h5-12,27H,4,13H2,1-3H3,(H,24,26,28);3-10,25H,11H2,1-2H3,(H,27,28)(H,22,24,26);5-8H,4H2,1-3H3,(H,18,19,21);2-3H,1H3,(H,10,11). The van der Waals surface area contributed by atoms with Gasteiger partial charge in [0, 0.05) is 63.5 Å². The summed E-state index contributed by atoms with van der Waals surface area (Å²) in [7, 11) is 0. The fourth-order valence-corrected chi connectivity index (χ4v) is 8.83. The number of carboxylic acid groups (broad SMARTS) is 2. The van der Waals surface area contributed by atoms with Crippen molar-refractivity contribution in [2.75, 3.05) is 29.2 Å². The molecule has 25 heteroatoms. The highest BCUT2D eigenvalue weighted by atomic mass is 35.5. The predicted molar refractivity (Wildman–Crippen MR) is 345 cm³/mol. The lowest BCUT2D eigenvalue weighted by atomic mass is 10.1. The highest BCUT2D eigenvalue weighted by molar-refractivity contribution is 6.30. The average molecular weight is 1290 g/mol. The number of carbonyl (C=O) groups is 7. The predicted octanol–water partition coefficient (Wildman–Crippen LogP) is 11.8. The minimum atomic E-state index is -1.16. The Labute approximate surface area is 539 Å². The van der Waals surface area contributed by atoms with Gasteiger partial charge in [-0.3, -0.25) is 14.4 Å². The van der Waals surface area contributed by atoms with Crippen molar-refractivity contribution >= 4 is 81.9 Å². The minimum absolute atomic E-state index is 0.0116. The fraction of sp³-hybridized carbons (Fsp3) is 0.194. The Morgan fingerprint density at radius 2 is 0.739 bits per heavy atom. The van der Waals surface area contributed by atoms with E-state index in [2.05, 4.69) is 50.8 Å². The molecule has 92 heavy (non-hydrogen) atoms. The molecule has 9 aromatic rings. The van der Waals surface area contributed by atoms with Crippen LogP contribution in [-0.2, 0) is 22.7 Å². The lowest BCUT2D eigenvalue weighted by molar-refractivity contribution is 0.0509. The van der Waals surface area contributed by atoms with Gasteiger partial charge in [0.1, 0.15) is 27.4 Å². The number of aromatic nitrogens is 7. The van der Waals surface area contributed by atoms with E-state index in [9.17, 15) is 48.9 Å². The maximum absolute atomic E-state index is 13.0. The number of anilines is 3. The first-order valence-electron chi connectivity index (χ1n) is 28.1. The number of nitrogens with zero attached hydrogens (tertiary/aromatic N) is 7. The molecule has 0 fully saturated rings. The summed E-state index contributed by atoms with van der Waals surface area (Å²) < 4.78 is 9.96. The van der Waals surface area contributed by atoms with Gasteiger partial charge in [0.25, 0.3) is 17.7 Å². The summed E-state index contributed by atoms with van der Waals surface area (Å²) in [5, 5.41) is 45.1. The third kappa shape index (κ3) is 18.7. The van der Waals surface area contributed by atoms with E-state index >= 15 is 0 Å². The van der Waals surface area contributed by atoms with Gasteiger partial charge < -0.3 is 45.9 Å². The minimum Gasteiger partial charge on any atom is -0.477 e. The lowest BCUT2D eigenvalue weighted by Gasteiger charge is -2.13. The Morgan fingerprint density at radius 3 is 1.09 bits per heavy atom. The molecule has 0 spiro atoms. The number of hydrogen-bond acceptors (Lipinski definition) is 18. The number of esters is 2. The van der Waals surface area contributed by atoms with Gasteiger partial charge >= 0.3 is 23.9 Å². The number of ether oxygens (including phenoxy) is 2. The highest BCUT2D eigenvalue weighted by Crippen LogP contribution is 2.26. The summed E-state index contributed by atoms with van der Waals surface area (Å²) in [5.74, 6) is -4.52. The molecule has 7 heterocycles. The smallest absolute Gasteiger partial charge is 0.357 e. The molecule has 7 aromatic heterocycles. The second-order valence-electron chi connectivity index (χ2n) is 19.9. The van der Waals surface area contributed by atoms with Crippen LogP contribution in [0.15, 0.2) is 134 Å². The number of hydrogen-bond donors (Lipinski definition) is 7. The van der Waals surface area contributed by atoms with E-state index in [0.717, 1.165) is 22.3 Å². The van der Waals surface area contributed by atoms with Crippen molar-refractivity contribution in [3.63, 3.8) is 0 Å². The first kappa shape index (κ1) is 70.4. The van der Waals surface area contributed by atoms with E-state index in [0.29, 0.717) is 67.4 Å². The van der Waals surface area contributed by atoms with Gasteiger partial charge in [0.2, 0.25) is 0 Å². The van der Waals surface area contributed by atoms with E-state index in [1.165, 1.54) is 18.6 Å². The zero-order valence-corrected chi connectivity index (χ0v) is 52.9. The molecule has 0 atom stereocenters. The monoisotopic (exact) mass is 1290 g/mol. The number of rotatable bonds is 16. The van der Waals surface area contributed by atoms with Gasteiger partial charge in [-0.1, -0.05) is 83.9 Å². The van der Waals surface area contributed by atoms with Crippen molar-refractivity contribution in [1.82, 2.24) is 34.9 Å². The molecule has 9 rings (SSSR count). The molecule has 23 nitrogen and oxygen atoms in total. The second kappa shape index (κ2) is 33.2. The Kier molecular flexibility index (Phi) is 25.4. The molecule has 3 amide bonds. The molecule has 2 aromatic carbocycles. The molecule has 0 radical (unpaired) electrons. The summed E-state index contributed by atoms with van der Waals surface area (Å²) in [6.45, 7) is 15.8. The van der Waals surface area contributed by atoms with Crippen LogP contribution in [0.5, 0.6) is 0 Å². The third-order valence-corrected chi connectivity index (χ3v) is 13.9. The van der Waals surface area contributed by atoms with Crippen molar-refractivity contribution in [3.05, 3.63) is 234 Å². The summed E-state index contributed by atoms with van der Waals surface area (Å²) in [6.07, 6.45) is 4.22. The fourth-order valence-electron chi connectivity index (χ4n) is 8.54. The summed E-state index contributed by atoms with van der Waals surface area (Å²) in [6, 6.07) is 33.2. The highest BCUT2D eigenvalue weighted by Gasteiger charge is 2.22. The number of aromatic carboxylic acids is 2. The van der Waals surface area contributed by atoms with Crippen molar-refractivity contribution in [2.24, 2.45) is 0 Å². The molecule has 474 valence electrons. The lowest BCUT2D eigenvalue weighted by Crippen LogP contribution is -2.18. The molecule has 0 saturated carbocycles. The zero-order valence-electron chi connectivity index (χ0n) is 51.4. The van der Waals surface area contributed by atoms with Crippen molar-refractivity contribution in [2.45, 2.75) is 75.5 Å². The van der Waals surface area contributed by atoms with Crippen molar-refractivity contribution < 1.29 is 63.5 Å². The molecule has 0 aliphatic rings. The van der Waals surface area contributed by atoms with Crippen LogP contribution in [0.1, 0.15) is 137 Å². The molecular formula is C67H64Cl2N10O13. The Balaban J connectivity index is 0.000000203. The number of benzene rings is 2. The Hall–Kier alpha value is -10.7. The zero-order chi connectivity index (χ0) is 67.3. The number of aliphatic hydroxyl groups is 2.